The van der Waals surface area contributed by atoms with Crippen LogP contribution in [0.25, 0.3) is 11.1 Å². The zero-order valence-electron chi connectivity index (χ0n) is 11.7. The van der Waals surface area contributed by atoms with Gasteiger partial charge >= 0.3 is 6.09 Å². The molecule has 19 heavy (non-hydrogen) atoms. The van der Waals surface area contributed by atoms with E-state index in [0.717, 1.165) is 16.8 Å². The number of nitrogens with zero attached hydrogens (tertiary/aromatic N) is 3. The molecule has 0 aliphatic heterocycles. The molecule has 0 spiro atoms. The summed E-state index contributed by atoms with van der Waals surface area (Å²) in [5.74, 6) is 0.696. The molecule has 2 aromatic heterocycles. The molecule has 0 atom stereocenters. The van der Waals surface area contributed by atoms with E-state index in [-0.39, 0.29) is 0 Å². The second-order valence-corrected chi connectivity index (χ2v) is 5.35. The summed E-state index contributed by atoms with van der Waals surface area (Å²) in [6, 6.07) is 0. The van der Waals surface area contributed by atoms with Crippen LogP contribution < -0.4 is 0 Å². The molecule has 102 valence electrons. The van der Waals surface area contributed by atoms with Crippen molar-refractivity contribution in [1.82, 2.24) is 14.9 Å². The number of aryl methyl sites for hydroxylation is 2. The Morgan fingerprint density at radius 3 is 2.58 bits per heavy atom. The molecule has 0 saturated heterocycles. The molecule has 0 unspecified atom stereocenters. The number of carbonyl (C=O) groups is 1. The Labute approximate surface area is 111 Å². The average Bonchev–Trinajstić information content (AvgIpc) is 2.83. The van der Waals surface area contributed by atoms with Crippen LogP contribution in [0, 0.1) is 13.8 Å². The summed E-state index contributed by atoms with van der Waals surface area (Å²) in [5, 5.41) is 7.89. The van der Waals surface area contributed by atoms with Crippen molar-refractivity contribution in [3.05, 3.63) is 23.8 Å². The number of hydrogen-bond donors (Lipinski definition) is 0. The minimum absolute atomic E-state index is 0.509. The Hall–Kier alpha value is -2.11. The molecule has 2 heterocycles. The van der Waals surface area contributed by atoms with E-state index in [4.69, 9.17) is 9.26 Å². The zero-order valence-corrected chi connectivity index (χ0v) is 11.7. The van der Waals surface area contributed by atoms with Crippen LogP contribution in [0.15, 0.2) is 16.9 Å². The van der Waals surface area contributed by atoms with Gasteiger partial charge in [-0.1, -0.05) is 5.16 Å². The molecular weight excluding hydrogens is 246 g/mol. The summed E-state index contributed by atoms with van der Waals surface area (Å²) in [5.41, 5.74) is 1.85. The highest BCUT2D eigenvalue weighted by Crippen LogP contribution is 2.26. The SMILES string of the molecule is Cc1noc(C)c1-c1cnn(C(=O)OC(C)(C)C)c1. The van der Waals surface area contributed by atoms with Gasteiger partial charge in [0.2, 0.25) is 0 Å². The highest BCUT2D eigenvalue weighted by molar-refractivity contribution is 5.73. The van der Waals surface area contributed by atoms with Crippen LogP contribution in [0.2, 0.25) is 0 Å². The van der Waals surface area contributed by atoms with Crippen LogP contribution in [0.4, 0.5) is 4.79 Å². The fraction of sp³-hybridized carbons (Fsp3) is 0.462. The molecule has 2 rings (SSSR count). The van der Waals surface area contributed by atoms with E-state index in [1.807, 2.05) is 34.6 Å². The summed E-state index contributed by atoms with van der Waals surface area (Å²) >= 11 is 0. The first kappa shape index (κ1) is 13.3. The first-order chi connectivity index (χ1) is 8.78. The quantitative estimate of drug-likeness (QED) is 0.791. The standard InChI is InChI=1S/C13H17N3O3/c1-8-11(9(2)19-15-8)10-6-14-16(7-10)12(17)18-13(3,4)5/h6-7H,1-5H3. The molecule has 0 radical (unpaired) electrons. The molecule has 0 N–H and O–H groups in total. The van der Waals surface area contributed by atoms with Crippen LogP contribution >= 0.6 is 0 Å². The third-order valence-electron chi connectivity index (χ3n) is 2.49. The third kappa shape index (κ3) is 2.83. The Balaban J connectivity index is 2.27. The maximum absolute atomic E-state index is 11.9. The average molecular weight is 263 g/mol. The number of carbonyl (C=O) groups excluding carboxylic acids is 1. The molecule has 0 aliphatic rings. The Kier molecular flexibility index (Phi) is 3.18. The van der Waals surface area contributed by atoms with Gasteiger partial charge in [0.15, 0.2) is 0 Å². The normalized spacial score (nSPS) is 11.6. The molecule has 6 heteroatoms. The van der Waals surface area contributed by atoms with Crippen molar-refractivity contribution in [2.24, 2.45) is 0 Å². The molecule has 0 aromatic carbocycles. The van der Waals surface area contributed by atoms with Gasteiger partial charge in [-0.3, -0.25) is 0 Å². The monoisotopic (exact) mass is 263 g/mol. The van der Waals surface area contributed by atoms with Gasteiger partial charge in [0.25, 0.3) is 0 Å². The summed E-state index contributed by atoms with van der Waals surface area (Å²) in [7, 11) is 0. The van der Waals surface area contributed by atoms with E-state index in [1.165, 1.54) is 4.68 Å². The Morgan fingerprint density at radius 1 is 1.37 bits per heavy atom. The largest absolute Gasteiger partial charge is 0.442 e. The van der Waals surface area contributed by atoms with Gasteiger partial charge in [-0.15, -0.1) is 0 Å². The smallest absolute Gasteiger partial charge is 0.435 e. The lowest BCUT2D eigenvalue weighted by molar-refractivity contribution is 0.0514. The lowest BCUT2D eigenvalue weighted by Gasteiger charge is -2.18. The zero-order chi connectivity index (χ0) is 14.2. The van der Waals surface area contributed by atoms with Gasteiger partial charge in [-0.25, -0.2) is 4.79 Å². The van der Waals surface area contributed by atoms with E-state index in [0.29, 0.717) is 5.76 Å². The van der Waals surface area contributed by atoms with Crippen LogP contribution in [0.1, 0.15) is 32.2 Å². The van der Waals surface area contributed by atoms with Gasteiger partial charge in [-0.2, -0.15) is 9.78 Å². The van der Waals surface area contributed by atoms with Crippen molar-refractivity contribution < 1.29 is 14.1 Å². The number of ether oxygens (including phenoxy) is 1. The Bertz CT molecular complexity index is 585. The highest BCUT2D eigenvalue weighted by atomic mass is 16.6. The predicted octanol–water partition coefficient (Wildman–Crippen LogP) is 2.94. The van der Waals surface area contributed by atoms with Crippen LogP contribution in [-0.2, 0) is 4.74 Å². The number of aromatic nitrogens is 3. The molecule has 6 nitrogen and oxygen atoms in total. The second-order valence-electron chi connectivity index (χ2n) is 5.35. The van der Waals surface area contributed by atoms with Crippen molar-refractivity contribution in [3.8, 4) is 11.1 Å². The minimum atomic E-state index is -0.549. The van der Waals surface area contributed by atoms with Crippen molar-refractivity contribution in [1.29, 1.82) is 0 Å². The highest BCUT2D eigenvalue weighted by Gasteiger charge is 2.20. The van der Waals surface area contributed by atoms with Gasteiger partial charge in [-0.05, 0) is 34.6 Å². The second kappa shape index (κ2) is 4.53. The van der Waals surface area contributed by atoms with Crippen molar-refractivity contribution in [2.75, 3.05) is 0 Å². The molecular formula is C13H17N3O3. The first-order valence-electron chi connectivity index (χ1n) is 5.99. The van der Waals surface area contributed by atoms with E-state index in [9.17, 15) is 4.79 Å². The molecule has 0 saturated carbocycles. The van der Waals surface area contributed by atoms with Crippen LogP contribution in [0.3, 0.4) is 0 Å². The summed E-state index contributed by atoms with van der Waals surface area (Å²) in [6.45, 7) is 9.09. The van der Waals surface area contributed by atoms with E-state index < -0.39 is 11.7 Å². The van der Waals surface area contributed by atoms with Gasteiger partial charge < -0.3 is 9.26 Å². The van der Waals surface area contributed by atoms with Gasteiger partial charge in [0, 0.05) is 11.8 Å². The fourth-order valence-corrected chi connectivity index (χ4v) is 1.76. The molecule has 2 aromatic rings. The number of rotatable bonds is 1. The summed E-state index contributed by atoms with van der Waals surface area (Å²) in [6.07, 6.45) is 2.70. The maximum atomic E-state index is 11.9. The third-order valence-corrected chi connectivity index (χ3v) is 2.49. The summed E-state index contributed by atoms with van der Waals surface area (Å²) in [4.78, 5) is 11.9. The van der Waals surface area contributed by atoms with Crippen molar-refractivity contribution >= 4 is 6.09 Å². The maximum Gasteiger partial charge on any atom is 0.435 e. The summed E-state index contributed by atoms with van der Waals surface area (Å²) < 4.78 is 11.5. The van der Waals surface area contributed by atoms with Crippen molar-refractivity contribution in [2.45, 2.75) is 40.2 Å². The number of hydrogen-bond acceptors (Lipinski definition) is 5. The lowest BCUT2D eigenvalue weighted by Crippen LogP contribution is -2.27. The van der Waals surface area contributed by atoms with E-state index >= 15 is 0 Å². The van der Waals surface area contributed by atoms with Crippen LogP contribution in [-0.4, -0.2) is 26.6 Å². The van der Waals surface area contributed by atoms with E-state index in [2.05, 4.69) is 10.3 Å². The lowest BCUT2D eigenvalue weighted by atomic mass is 10.1. The van der Waals surface area contributed by atoms with Crippen molar-refractivity contribution in [3.63, 3.8) is 0 Å². The molecule has 0 bridgehead atoms. The molecule has 0 amide bonds. The van der Waals surface area contributed by atoms with E-state index in [1.54, 1.807) is 12.4 Å². The molecule has 0 fully saturated rings. The predicted molar refractivity (Wildman–Crippen MR) is 68.8 cm³/mol. The van der Waals surface area contributed by atoms with Crippen LogP contribution in [0.5, 0.6) is 0 Å². The van der Waals surface area contributed by atoms with Gasteiger partial charge in [0.1, 0.15) is 11.4 Å². The first-order valence-corrected chi connectivity index (χ1v) is 5.99. The topological polar surface area (TPSA) is 70.2 Å². The molecule has 0 aliphatic carbocycles. The minimum Gasteiger partial charge on any atom is -0.442 e. The fourth-order valence-electron chi connectivity index (χ4n) is 1.76. The van der Waals surface area contributed by atoms with Gasteiger partial charge in [0.05, 0.1) is 17.5 Å². The Morgan fingerprint density at radius 2 is 2.05 bits per heavy atom.